The summed E-state index contributed by atoms with van der Waals surface area (Å²) in [5, 5.41) is 12.3. The highest BCUT2D eigenvalue weighted by Crippen LogP contribution is 2.25. The summed E-state index contributed by atoms with van der Waals surface area (Å²) < 4.78 is 0. The van der Waals surface area contributed by atoms with Crippen molar-refractivity contribution in [1.29, 1.82) is 0 Å². The maximum absolute atomic E-state index is 12.1. The van der Waals surface area contributed by atoms with E-state index in [9.17, 15) is 9.90 Å². The van der Waals surface area contributed by atoms with E-state index in [1.807, 2.05) is 4.90 Å². The molecule has 0 bridgehead atoms. The lowest BCUT2D eigenvalue weighted by atomic mass is 9.99. The van der Waals surface area contributed by atoms with Crippen molar-refractivity contribution < 1.29 is 9.90 Å². The third kappa shape index (κ3) is 3.12. The van der Waals surface area contributed by atoms with Crippen LogP contribution in [0.1, 0.15) is 39.0 Å². The van der Waals surface area contributed by atoms with E-state index in [-0.39, 0.29) is 24.6 Å². The van der Waals surface area contributed by atoms with Gasteiger partial charge in [0.05, 0.1) is 0 Å². The van der Waals surface area contributed by atoms with Gasteiger partial charge in [0.1, 0.15) is 0 Å². The highest BCUT2D eigenvalue weighted by atomic mass is 16.3. The molecule has 2 unspecified atom stereocenters. The van der Waals surface area contributed by atoms with Crippen LogP contribution < -0.4 is 5.32 Å². The Labute approximate surface area is 103 Å². The fraction of sp³-hybridized carbons (Fsp3) is 0.923. The number of hydrogen-bond donors (Lipinski definition) is 2. The number of carbonyl (C=O) groups is 1. The van der Waals surface area contributed by atoms with Crippen molar-refractivity contribution in [2.45, 2.75) is 45.1 Å². The zero-order valence-corrected chi connectivity index (χ0v) is 10.7. The number of nitrogens with one attached hydrogen (secondary N) is 1. The van der Waals surface area contributed by atoms with Crippen LogP contribution in [-0.4, -0.2) is 41.8 Å². The molecule has 0 radical (unpaired) electrons. The van der Waals surface area contributed by atoms with Gasteiger partial charge in [-0.05, 0) is 31.6 Å². The largest absolute Gasteiger partial charge is 0.396 e. The predicted octanol–water partition coefficient (Wildman–Crippen LogP) is 1.59. The van der Waals surface area contributed by atoms with Crippen LogP contribution in [-0.2, 0) is 0 Å². The average Bonchev–Trinajstić information content (AvgIpc) is 2.77. The van der Waals surface area contributed by atoms with Gasteiger partial charge in [-0.2, -0.15) is 0 Å². The van der Waals surface area contributed by atoms with Crippen LogP contribution in [0.4, 0.5) is 4.79 Å². The third-order valence-corrected chi connectivity index (χ3v) is 4.27. The zero-order valence-electron chi connectivity index (χ0n) is 10.7. The van der Waals surface area contributed by atoms with Crippen molar-refractivity contribution in [2.75, 3.05) is 19.7 Å². The molecular formula is C13H24N2O2. The van der Waals surface area contributed by atoms with E-state index in [1.54, 1.807) is 0 Å². The van der Waals surface area contributed by atoms with Gasteiger partial charge >= 0.3 is 6.03 Å². The summed E-state index contributed by atoms with van der Waals surface area (Å²) in [6.45, 7) is 4.20. The fourth-order valence-electron chi connectivity index (χ4n) is 2.91. The molecule has 1 saturated heterocycles. The fourth-order valence-corrected chi connectivity index (χ4v) is 2.91. The first-order valence-corrected chi connectivity index (χ1v) is 6.87. The molecule has 4 nitrogen and oxygen atoms in total. The van der Waals surface area contributed by atoms with Crippen molar-refractivity contribution in [2.24, 2.45) is 11.8 Å². The number of aliphatic hydroxyl groups is 1. The highest BCUT2D eigenvalue weighted by molar-refractivity contribution is 5.74. The van der Waals surface area contributed by atoms with Gasteiger partial charge in [-0.1, -0.05) is 13.3 Å². The van der Waals surface area contributed by atoms with E-state index in [1.165, 1.54) is 0 Å². The van der Waals surface area contributed by atoms with E-state index in [4.69, 9.17) is 0 Å². The summed E-state index contributed by atoms with van der Waals surface area (Å²) in [5.74, 6) is 1.01. The predicted molar refractivity (Wildman–Crippen MR) is 66.7 cm³/mol. The van der Waals surface area contributed by atoms with E-state index >= 15 is 0 Å². The Kier molecular flexibility index (Phi) is 4.26. The Morgan fingerprint density at radius 1 is 1.29 bits per heavy atom. The van der Waals surface area contributed by atoms with E-state index in [2.05, 4.69) is 12.2 Å². The van der Waals surface area contributed by atoms with Gasteiger partial charge in [-0.3, -0.25) is 0 Å². The first-order chi connectivity index (χ1) is 8.20. The Morgan fingerprint density at radius 3 is 2.65 bits per heavy atom. The molecule has 1 aliphatic carbocycles. The van der Waals surface area contributed by atoms with Gasteiger partial charge in [-0.15, -0.1) is 0 Å². The summed E-state index contributed by atoms with van der Waals surface area (Å²) >= 11 is 0. The minimum atomic E-state index is 0.0715. The number of amides is 2. The van der Waals surface area contributed by atoms with Crippen LogP contribution in [0.25, 0.3) is 0 Å². The van der Waals surface area contributed by atoms with Crippen LogP contribution in [0.15, 0.2) is 0 Å². The molecule has 1 heterocycles. The Morgan fingerprint density at radius 2 is 2.00 bits per heavy atom. The van der Waals surface area contributed by atoms with Crippen molar-refractivity contribution in [3.63, 3.8) is 0 Å². The molecule has 2 fully saturated rings. The lowest BCUT2D eigenvalue weighted by molar-refractivity contribution is 0.160. The average molecular weight is 240 g/mol. The van der Waals surface area contributed by atoms with E-state index < -0.39 is 0 Å². The molecule has 0 aromatic carbocycles. The third-order valence-electron chi connectivity index (χ3n) is 4.27. The first kappa shape index (κ1) is 12.7. The quantitative estimate of drug-likeness (QED) is 0.770. The van der Waals surface area contributed by atoms with Gasteiger partial charge in [0.25, 0.3) is 0 Å². The topological polar surface area (TPSA) is 52.6 Å². The number of hydrogen-bond acceptors (Lipinski definition) is 2. The molecule has 2 aliphatic rings. The number of aliphatic hydroxyl groups excluding tert-OH is 1. The second-order valence-electron chi connectivity index (χ2n) is 5.60. The second-order valence-corrected chi connectivity index (χ2v) is 5.60. The Bertz CT molecular complexity index is 262. The number of piperidine rings is 1. The van der Waals surface area contributed by atoms with Gasteiger partial charge in [-0.25, -0.2) is 4.79 Å². The second kappa shape index (κ2) is 5.71. The van der Waals surface area contributed by atoms with Gasteiger partial charge < -0.3 is 15.3 Å². The SMILES string of the molecule is CC1CCN(C(=O)NC2CCCC2CO)CC1. The van der Waals surface area contributed by atoms with Crippen molar-refractivity contribution in [3.05, 3.63) is 0 Å². The maximum atomic E-state index is 12.1. The van der Waals surface area contributed by atoms with Crippen LogP contribution in [0.5, 0.6) is 0 Å². The molecule has 2 N–H and O–H groups in total. The molecule has 0 aromatic rings. The minimum Gasteiger partial charge on any atom is -0.396 e. The maximum Gasteiger partial charge on any atom is 0.317 e. The molecule has 98 valence electrons. The van der Waals surface area contributed by atoms with Gasteiger partial charge in [0, 0.05) is 31.7 Å². The van der Waals surface area contributed by atoms with Gasteiger partial charge in [0.2, 0.25) is 0 Å². The molecule has 2 atom stereocenters. The number of carbonyl (C=O) groups excluding carboxylic acids is 1. The lowest BCUT2D eigenvalue weighted by Crippen LogP contribution is -2.49. The summed E-state index contributed by atoms with van der Waals surface area (Å²) in [6, 6.07) is 0.258. The molecule has 1 aliphatic heterocycles. The first-order valence-electron chi connectivity index (χ1n) is 6.87. The zero-order chi connectivity index (χ0) is 12.3. The molecule has 2 amide bonds. The molecular weight excluding hydrogens is 216 g/mol. The molecule has 2 rings (SSSR count). The monoisotopic (exact) mass is 240 g/mol. The number of rotatable bonds is 2. The number of urea groups is 1. The van der Waals surface area contributed by atoms with Crippen LogP contribution >= 0.6 is 0 Å². The molecule has 0 aromatic heterocycles. The summed E-state index contributed by atoms with van der Waals surface area (Å²) in [7, 11) is 0. The van der Waals surface area contributed by atoms with Crippen LogP contribution in [0.3, 0.4) is 0 Å². The highest BCUT2D eigenvalue weighted by Gasteiger charge is 2.30. The van der Waals surface area contributed by atoms with Crippen molar-refractivity contribution in [3.8, 4) is 0 Å². The molecule has 1 saturated carbocycles. The molecule has 17 heavy (non-hydrogen) atoms. The van der Waals surface area contributed by atoms with Gasteiger partial charge in [0.15, 0.2) is 0 Å². The summed E-state index contributed by atoms with van der Waals surface area (Å²) in [5.41, 5.74) is 0. The smallest absolute Gasteiger partial charge is 0.317 e. The number of likely N-dealkylation sites (tertiary alicyclic amines) is 1. The van der Waals surface area contributed by atoms with E-state index in [0.29, 0.717) is 0 Å². The molecule has 4 heteroatoms. The van der Waals surface area contributed by atoms with Crippen LogP contribution in [0.2, 0.25) is 0 Å². The normalized spacial score (nSPS) is 30.6. The van der Waals surface area contributed by atoms with Crippen LogP contribution in [0, 0.1) is 11.8 Å². The van der Waals surface area contributed by atoms with E-state index in [0.717, 1.165) is 51.1 Å². The Balaban J connectivity index is 1.80. The summed E-state index contributed by atoms with van der Waals surface area (Å²) in [4.78, 5) is 14.0. The Hall–Kier alpha value is -0.770. The lowest BCUT2D eigenvalue weighted by Gasteiger charge is -2.32. The molecule has 0 spiro atoms. The minimum absolute atomic E-state index is 0.0715. The van der Waals surface area contributed by atoms with Crippen molar-refractivity contribution >= 4 is 6.03 Å². The summed E-state index contributed by atoms with van der Waals surface area (Å²) in [6.07, 6.45) is 5.40. The standard InChI is InChI=1S/C13H24N2O2/c1-10-5-7-15(8-6-10)13(17)14-12-4-2-3-11(12)9-16/h10-12,16H,2-9H2,1H3,(H,14,17). The van der Waals surface area contributed by atoms with Crippen molar-refractivity contribution in [1.82, 2.24) is 10.2 Å². The number of nitrogens with zero attached hydrogens (tertiary/aromatic N) is 1.